The Labute approximate surface area is 81.9 Å². The quantitative estimate of drug-likeness (QED) is 0.499. The Hall–Kier alpha value is -1.77. The van der Waals surface area contributed by atoms with Gasteiger partial charge in [0.2, 0.25) is 11.5 Å². The molecule has 0 N–H and O–H groups in total. The molecule has 0 radical (unpaired) electrons. The number of Topliss-reactive ketones (excluding diaryl/α,β-unsaturated/α-hetero) is 1. The lowest BCUT2D eigenvalue weighted by atomic mass is 10.0. The molecule has 14 heavy (non-hydrogen) atoms. The van der Waals surface area contributed by atoms with Gasteiger partial charge in [0.1, 0.15) is 12.0 Å². The Bertz CT molecular complexity index is 393. The summed E-state index contributed by atoms with van der Waals surface area (Å²) in [6.45, 7) is 0. The van der Waals surface area contributed by atoms with Gasteiger partial charge in [0.25, 0.3) is 0 Å². The molecule has 3 heteroatoms. The standard InChI is InChI=1S/C11H10O3/c1-13-7-11-9(12)6-8-4-2-3-5-10(8)14-11/h2-5,7H,6H2,1H3/b11-7-. The van der Waals surface area contributed by atoms with E-state index in [0.29, 0.717) is 6.42 Å². The van der Waals surface area contributed by atoms with Crippen LogP contribution in [0.15, 0.2) is 36.3 Å². The molecule has 1 aromatic rings. The fourth-order valence-electron chi connectivity index (χ4n) is 1.38. The summed E-state index contributed by atoms with van der Waals surface area (Å²) in [6, 6.07) is 7.49. The summed E-state index contributed by atoms with van der Waals surface area (Å²) in [5.41, 5.74) is 0.922. The van der Waals surface area contributed by atoms with Gasteiger partial charge in [-0.1, -0.05) is 18.2 Å². The maximum Gasteiger partial charge on any atom is 0.205 e. The molecule has 0 atom stereocenters. The van der Waals surface area contributed by atoms with Crippen molar-refractivity contribution in [2.45, 2.75) is 6.42 Å². The van der Waals surface area contributed by atoms with E-state index in [4.69, 9.17) is 9.47 Å². The first-order valence-corrected chi connectivity index (χ1v) is 4.33. The first-order valence-electron chi connectivity index (χ1n) is 4.33. The first kappa shape index (κ1) is 8.81. The lowest BCUT2D eigenvalue weighted by molar-refractivity contribution is -0.117. The lowest BCUT2D eigenvalue weighted by Crippen LogP contribution is -2.18. The largest absolute Gasteiger partial charge is 0.500 e. The number of hydrogen-bond donors (Lipinski definition) is 0. The number of para-hydroxylation sites is 1. The molecule has 1 aromatic carbocycles. The third-order valence-corrected chi connectivity index (χ3v) is 2.04. The average molecular weight is 190 g/mol. The predicted octanol–water partition coefficient (Wildman–Crippen LogP) is 1.68. The van der Waals surface area contributed by atoms with E-state index in [-0.39, 0.29) is 11.5 Å². The summed E-state index contributed by atoms with van der Waals surface area (Å²) in [6.07, 6.45) is 1.71. The SMILES string of the molecule is CO/C=C1\Oc2ccccc2CC1=O. The highest BCUT2D eigenvalue weighted by Gasteiger charge is 2.21. The third kappa shape index (κ3) is 1.48. The lowest BCUT2D eigenvalue weighted by Gasteiger charge is -2.17. The highest BCUT2D eigenvalue weighted by Crippen LogP contribution is 2.26. The van der Waals surface area contributed by atoms with E-state index in [9.17, 15) is 4.79 Å². The minimum absolute atomic E-state index is 0.0504. The Morgan fingerprint density at radius 1 is 1.43 bits per heavy atom. The number of ether oxygens (including phenoxy) is 2. The Kier molecular flexibility index (Phi) is 2.23. The van der Waals surface area contributed by atoms with Crippen molar-refractivity contribution in [2.75, 3.05) is 7.11 Å². The minimum atomic E-state index is -0.0504. The van der Waals surface area contributed by atoms with Crippen LogP contribution in [0.25, 0.3) is 0 Å². The summed E-state index contributed by atoms with van der Waals surface area (Å²) in [4.78, 5) is 11.5. The Morgan fingerprint density at radius 3 is 3.00 bits per heavy atom. The second kappa shape index (κ2) is 3.54. The van der Waals surface area contributed by atoms with Gasteiger partial charge in [0.15, 0.2) is 0 Å². The van der Waals surface area contributed by atoms with Crippen LogP contribution >= 0.6 is 0 Å². The number of hydrogen-bond acceptors (Lipinski definition) is 3. The summed E-state index contributed by atoms with van der Waals surface area (Å²) >= 11 is 0. The second-order valence-corrected chi connectivity index (χ2v) is 3.03. The number of methoxy groups -OCH3 is 1. The molecule has 72 valence electrons. The van der Waals surface area contributed by atoms with Crippen molar-refractivity contribution in [3.63, 3.8) is 0 Å². The second-order valence-electron chi connectivity index (χ2n) is 3.03. The van der Waals surface area contributed by atoms with E-state index in [1.54, 1.807) is 0 Å². The molecular formula is C11H10O3. The Balaban J connectivity index is 2.36. The van der Waals surface area contributed by atoms with Crippen molar-refractivity contribution in [3.05, 3.63) is 41.9 Å². The number of carbonyl (C=O) groups excluding carboxylic acids is 1. The van der Waals surface area contributed by atoms with E-state index in [0.717, 1.165) is 11.3 Å². The number of carbonyl (C=O) groups is 1. The maximum atomic E-state index is 11.5. The molecule has 1 heterocycles. The van der Waals surface area contributed by atoms with E-state index in [2.05, 4.69) is 0 Å². The molecule has 0 aliphatic carbocycles. The first-order chi connectivity index (χ1) is 6.81. The minimum Gasteiger partial charge on any atom is -0.500 e. The monoisotopic (exact) mass is 190 g/mol. The van der Waals surface area contributed by atoms with E-state index >= 15 is 0 Å². The van der Waals surface area contributed by atoms with Crippen LogP contribution in [0.4, 0.5) is 0 Å². The van der Waals surface area contributed by atoms with Crippen LogP contribution in [0, 0.1) is 0 Å². The van der Waals surface area contributed by atoms with Crippen LogP contribution in [-0.4, -0.2) is 12.9 Å². The smallest absolute Gasteiger partial charge is 0.205 e. The summed E-state index contributed by atoms with van der Waals surface area (Å²) in [7, 11) is 1.49. The van der Waals surface area contributed by atoms with Crippen LogP contribution in [0.5, 0.6) is 5.75 Å². The summed E-state index contributed by atoms with van der Waals surface area (Å²) in [5, 5.41) is 0. The summed E-state index contributed by atoms with van der Waals surface area (Å²) in [5.74, 6) is 0.951. The molecule has 1 aliphatic rings. The van der Waals surface area contributed by atoms with Crippen LogP contribution < -0.4 is 4.74 Å². The molecule has 0 unspecified atom stereocenters. The molecule has 0 aromatic heterocycles. The van der Waals surface area contributed by atoms with E-state index in [1.165, 1.54) is 13.4 Å². The van der Waals surface area contributed by atoms with Crippen molar-refractivity contribution >= 4 is 5.78 Å². The van der Waals surface area contributed by atoms with Crippen molar-refractivity contribution in [2.24, 2.45) is 0 Å². The van der Waals surface area contributed by atoms with Crippen molar-refractivity contribution in [1.29, 1.82) is 0 Å². The topological polar surface area (TPSA) is 35.5 Å². The molecule has 0 saturated carbocycles. The zero-order valence-corrected chi connectivity index (χ0v) is 7.82. The molecule has 0 bridgehead atoms. The van der Waals surface area contributed by atoms with Crippen LogP contribution in [0.2, 0.25) is 0 Å². The van der Waals surface area contributed by atoms with Gasteiger partial charge in [-0.25, -0.2) is 0 Å². The molecule has 1 aliphatic heterocycles. The summed E-state index contributed by atoms with van der Waals surface area (Å²) < 4.78 is 10.1. The number of benzene rings is 1. The van der Waals surface area contributed by atoms with Crippen molar-refractivity contribution in [1.82, 2.24) is 0 Å². The third-order valence-electron chi connectivity index (χ3n) is 2.04. The number of ketones is 1. The van der Waals surface area contributed by atoms with Gasteiger partial charge < -0.3 is 9.47 Å². The van der Waals surface area contributed by atoms with Gasteiger partial charge in [-0.2, -0.15) is 0 Å². The van der Waals surface area contributed by atoms with Gasteiger partial charge in [-0.3, -0.25) is 4.79 Å². The molecular weight excluding hydrogens is 180 g/mol. The molecule has 0 amide bonds. The molecule has 3 nitrogen and oxygen atoms in total. The van der Waals surface area contributed by atoms with Gasteiger partial charge in [0, 0.05) is 12.0 Å². The van der Waals surface area contributed by atoms with Gasteiger partial charge in [-0.15, -0.1) is 0 Å². The van der Waals surface area contributed by atoms with Crippen LogP contribution in [0.3, 0.4) is 0 Å². The fraction of sp³-hybridized carbons (Fsp3) is 0.182. The molecule has 0 fully saturated rings. The zero-order chi connectivity index (χ0) is 9.97. The highest BCUT2D eigenvalue weighted by molar-refractivity contribution is 5.97. The highest BCUT2D eigenvalue weighted by atomic mass is 16.5. The van der Waals surface area contributed by atoms with E-state index in [1.807, 2.05) is 24.3 Å². The van der Waals surface area contributed by atoms with Gasteiger partial charge >= 0.3 is 0 Å². The number of allylic oxidation sites excluding steroid dienone is 1. The maximum absolute atomic E-state index is 11.5. The Morgan fingerprint density at radius 2 is 2.21 bits per heavy atom. The van der Waals surface area contributed by atoms with Crippen molar-refractivity contribution in [3.8, 4) is 5.75 Å². The van der Waals surface area contributed by atoms with Crippen LogP contribution in [0.1, 0.15) is 5.56 Å². The number of fused-ring (bicyclic) bond motifs is 1. The zero-order valence-electron chi connectivity index (χ0n) is 7.82. The fourth-order valence-corrected chi connectivity index (χ4v) is 1.38. The average Bonchev–Trinajstić information content (AvgIpc) is 2.19. The normalized spacial score (nSPS) is 17.5. The van der Waals surface area contributed by atoms with E-state index < -0.39 is 0 Å². The van der Waals surface area contributed by atoms with Crippen LogP contribution in [-0.2, 0) is 16.0 Å². The van der Waals surface area contributed by atoms with Gasteiger partial charge in [0.05, 0.1) is 7.11 Å². The molecule has 0 saturated heterocycles. The van der Waals surface area contributed by atoms with Crippen molar-refractivity contribution < 1.29 is 14.3 Å². The predicted molar refractivity (Wildman–Crippen MR) is 50.9 cm³/mol. The van der Waals surface area contributed by atoms with Gasteiger partial charge in [-0.05, 0) is 6.07 Å². The number of rotatable bonds is 1. The molecule has 0 spiro atoms. The molecule has 2 rings (SSSR count).